The van der Waals surface area contributed by atoms with Crippen LogP contribution in [0.4, 0.5) is 15.8 Å². The van der Waals surface area contributed by atoms with Gasteiger partial charge in [-0.25, -0.2) is 9.18 Å². The van der Waals surface area contributed by atoms with Crippen LogP contribution < -0.4 is 11.1 Å². The van der Waals surface area contributed by atoms with Crippen LogP contribution in [-0.4, -0.2) is 18.5 Å². The molecule has 0 spiro atoms. The van der Waals surface area contributed by atoms with E-state index in [9.17, 15) is 14.0 Å². The van der Waals surface area contributed by atoms with Gasteiger partial charge in [-0.15, -0.1) is 0 Å². The summed E-state index contributed by atoms with van der Waals surface area (Å²) in [6.07, 6.45) is 0. The van der Waals surface area contributed by atoms with Crippen molar-refractivity contribution >= 4 is 46.5 Å². The summed E-state index contributed by atoms with van der Waals surface area (Å²) in [5, 5.41) is 2.82. The second kappa shape index (κ2) is 7.30. The van der Waals surface area contributed by atoms with E-state index in [2.05, 4.69) is 5.32 Å². The Balaban J connectivity index is 1.94. The molecule has 5 nitrogen and oxygen atoms in total. The van der Waals surface area contributed by atoms with Crippen LogP contribution in [0.1, 0.15) is 10.4 Å². The van der Waals surface area contributed by atoms with E-state index in [1.807, 2.05) is 0 Å². The predicted molar refractivity (Wildman–Crippen MR) is 86.2 cm³/mol. The lowest BCUT2D eigenvalue weighted by atomic mass is 10.2. The third-order valence-corrected chi connectivity index (χ3v) is 3.35. The van der Waals surface area contributed by atoms with Gasteiger partial charge in [-0.05, 0) is 36.4 Å². The number of ether oxygens (including phenoxy) is 1. The van der Waals surface area contributed by atoms with Crippen LogP contribution in [0.3, 0.4) is 0 Å². The summed E-state index contributed by atoms with van der Waals surface area (Å²) in [5.74, 6) is -2.11. The van der Waals surface area contributed by atoms with Gasteiger partial charge in [0.05, 0.1) is 22.0 Å². The van der Waals surface area contributed by atoms with Crippen LogP contribution in [0, 0.1) is 5.82 Å². The molecule has 1 amide bonds. The molecule has 0 aliphatic carbocycles. The molecule has 8 heteroatoms. The Hall–Kier alpha value is -2.31. The van der Waals surface area contributed by atoms with E-state index in [1.165, 1.54) is 30.3 Å². The predicted octanol–water partition coefficient (Wildman–Crippen LogP) is 3.51. The molecule has 0 unspecified atom stereocenters. The molecule has 0 atom stereocenters. The number of esters is 1. The number of carbonyl (C=O) groups excluding carboxylic acids is 2. The van der Waals surface area contributed by atoms with Crippen LogP contribution in [-0.2, 0) is 9.53 Å². The Morgan fingerprint density at radius 2 is 1.91 bits per heavy atom. The summed E-state index contributed by atoms with van der Waals surface area (Å²) in [6, 6.07) is 7.89. The molecule has 0 aromatic heterocycles. The van der Waals surface area contributed by atoms with E-state index in [1.54, 1.807) is 0 Å². The smallest absolute Gasteiger partial charge is 0.338 e. The van der Waals surface area contributed by atoms with E-state index in [0.29, 0.717) is 5.02 Å². The molecule has 2 aromatic rings. The minimum Gasteiger partial charge on any atom is -0.452 e. The molecule has 0 radical (unpaired) electrons. The summed E-state index contributed by atoms with van der Waals surface area (Å²) >= 11 is 11.5. The van der Waals surface area contributed by atoms with Gasteiger partial charge in [0.2, 0.25) is 0 Å². The van der Waals surface area contributed by atoms with E-state index in [-0.39, 0.29) is 22.0 Å². The molecule has 23 heavy (non-hydrogen) atoms. The first-order chi connectivity index (χ1) is 10.9. The van der Waals surface area contributed by atoms with Gasteiger partial charge in [-0.3, -0.25) is 4.79 Å². The molecule has 0 saturated carbocycles. The number of nitrogens with two attached hydrogens (primary N) is 1. The quantitative estimate of drug-likeness (QED) is 0.648. The van der Waals surface area contributed by atoms with Crippen LogP contribution in [0.25, 0.3) is 0 Å². The molecule has 0 saturated heterocycles. The third-order valence-electron chi connectivity index (χ3n) is 2.77. The number of benzene rings is 2. The fourth-order valence-corrected chi connectivity index (χ4v) is 1.95. The van der Waals surface area contributed by atoms with Crippen LogP contribution in [0.2, 0.25) is 10.0 Å². The molecular weight excluding hydrogens is 346 g/mol. The molecular formula is C15H11Cl2FN2O3. The Morgan fingerprint density at radius 1 is 1.17 bits per heavy atom. The first kappa shape index (κ1) is 17.1. The van der Waals surface area contributed by atoms with Crippen molar-refractivity contribution in [2.24, 2.45) is 0 Å². The zero-order chi connectivity index (χ0) is 17.0. The van der Waals surface area contributed by atoms with Gasteiger partial charge in [0, 0.05) is 5.02 Å². The largest absolute Gasteiger partial charge is 0.452 e. The Kier molecular flexibility index (Phi) is 5.41. The van der Waals surface area contributed by atoms with Gasteiger partial charge in [0.25, 0.3) is 5.91 Å². The highest BCUT2D eigenvalue weighted by Crippen LogP contribution is 2.21. The lowest BCUT2D eigenvalue weighted by Gasteiger charge is -2.08. The molecule has 3 N–H and O–H groups in total. The SMILES string of the molecule is Nc1cc(C(=O)OCC(=O)Nc2cc(Cl)ccc2F)ccc1Cl. The Bertz CT molecular complexity index is 768. The second-order valence-corrected chi connectivity index (χ2v) is 5.33. The fourth-order valence-electron chi connectivity index (χ4n) is 1.66. The standard InChI is InChI=1S/C15H11Cl2FN2O3/c16-9-2-4-11(18)13(6-9)20-14(21)7-23-15(22)8-1-3-10(17)12(19)5-8/h1-6H,7,19H2,(H,20,21). The van der Waals surface area contributed by atoms with E-state index < -0.39 is 24.3 Å². The summed E-state index contributed by atoms with van der Waals surface area (Å²) in [5.41, 5.74) is 5.83. The molecule has 0 bridgehead atoms. The first-order valence-corrected chi connectivity index (χ1v) is 7.09. The van der Waals surface area contributed by atoms with Crippen molar-refractivity contribution in [2.45, 2.75) is 0 Å². The summed E-state index contributed by atoms with van der Waals surface area (Å²) in [7, 11) is 0. The average Bonchev–Trinajstić information content (AvgIpc) is 2.51. The Morgan fingerprint density at radius 3 is 2.61 bits per heavy atom. The van der Waals surface area contributed by atoms with Gasteiger partial charge in [-0.2, -0.15) is 0 Å². The monoisotopic (exact) mass is 356 g/mol. The molecule has 0 heterocycles. The number of carbonyl (C=O) groups is 2. The fraction of sp³-hybridized carbons (Fsp3) is 0.0667. The number of nitrogens with one attached hydrogen (secondary N) is 1. The van der Waals surface area contributed by atoms with Gasteiger partial charge in [-0.1, -0.05) is 23.2 Å². The zero-order valence-electron chi connectivity index (χ0n) is 11.6. The number of hydrogen-bond donors (Lipinski definition) is 2. The zero-order valence-corrected chi connectivity index (χ0v) is 13.1. The summed E-state index contributed by atoms with van der Waals surface area (Å²) in [4.78, 5) is 23.5. The maximum absolute atomic E-state index is 13.5. The average molecular weight is 357 g/mol. The number of hydrogen-bond acceptors (Lipinski definition) is 4. The van der Waals surface area contributed by atoms with E-state index in [4.69, 9.17) is 33.7 Å². The molecule has 0 aliphatic heterocycles. The van der Waals surface area contributed by atoms with Gasteiger partial charge in [0.15, 0.2) is 6.61 Å². The number of anilines is 2. The summed E-state index contributed by atoms with van der Waals surface area (Å²) in [6.45, 7) is -0.590. The lowest BCUT2D eigenvalue weighted by Crippen LogP contribution is -2.21. The van der Waals surface area contributed by atoms with E-state index in [0.717, 1.165) is 6.07 Å². The van der Waals surface area contributed by atoms with Crippen LogP contribution >= 0.6 is 23.2 Å². The van der Waals surface area contributed by atoms with Gasteiger partial charge in [0.1, 0.15) is 5.82 Å². The molecule has 2 rings (SSSR count). The number of rotatable bonds is 4. The minimum absolute atomic E-state index is 0.103. The Labute approximate surface area is 141 Å². The minimum atomic E-state index is -0.755. The first-order valence-electron chi connectivity index (χ1n) is 6.34. The van der Waals surface area contributed by atoms with Crippen molar-refractivity contribution in [1.29, 1.82) is 0 Å². The van der Waals surface area contributed by atoms with Crippen molar-refractivity contribution in [2.75, 3.05) is 17.7 Å². The van der Waals surface area contributed by atoms with Crippen molar-refractivity contribution in [3.05, 3.63) is 57.8 Å². The second-order valence-electron chi connectivity index (χ2n) is 4.48. The third kappa shape index (κ3) is 4.58. The maximum Gasteiger partial charge on any atom is 0.338 e. The molecule has 0 aliphatic rings. The number of halogens is 3. The van der Waals surface area contributed by atoms with E-state index >= 15 is 0 Å². The van der Waals surface area contributed by atoms with Crippen molar-refractivity contribution in [1.82, 2.24) is 0 Å². The van der Waals surface area contributed by atoms with Gasteiger partial charge >= 0.3 is 5.97 Å². The lowest BCUT2D eigenvalue weighted by molar-refractivity contribution is -0.119. The van der Waals surface area contributed by atoms with Crippen molar-refractivity contribution < 1.29 is 18.7 Å². The summed E-state index contributed by atoms with van der Waals surface area (Å²) < 4.78 is 18.3. The highest BCUT2D eigenvalue weighted by atomic mass is 35.5. The maximum atomic E-state index is 13.5. The number of amides is 1. The topological polar surface area (TPSA) is 81.4 Å². The highest BCUT2D eigenvalue weighted by molar-refractivity contribution is 6.33. The van der Waals surface area contributed by atoms with Crippen molar-refractivity contribution in [3.8, 4) is 0 Å². The molecule has 0 fully saturated rings. The van der Waals surface area contributed by atoms with Crippen molar-refractivity contribution in [3.63, 3.8) is 0 Å². The van der Waals surface area contributed by atoms with Gasteiger partial charge < -0.3 is 15.8 Å². The van der Waals surface area contributed by atoms with Crippen LogP contribution in [0.15, 0.2) is 36.4 Å². The molecule has 120 valence electrons. The highest BCUT2D eigenvalue weighted by Gasteiger charge is 2.13. The van der Waals surface area contributed by atoms with Crippen LogP contribution in [0.5, 0.6) is 0 Å². The normalized spacial score (nSPS) is 10.2. The molecule has 2 aromatic carbocycles. The number of nitrogen functional groups attached to an aromatic ring is 1.